The standard InChI is InChI=1S/C21H26FN3O7S/c1-3-31-20(27)19-18(22)17(11-24(19)2)33(29,30)23-16-10-25(9-15(16)12-26)21(28)32-13-14-7-5-4-6-8-14/h4-8,11,15-16,23,26H,3,9-10,12-13H2,1-2H3/t15-,16-/m0/s1. The Morgan fingerprint density at radius 1 is 1.21 bits per heavy atom. The highest BCUT2D eigenvalue weighted by Crippen LogP contribution is 2.24. The number of rotatable bonds is 8. The molecule has 1 aliphatic rings. The summed E-state index contributed by atoms with van der Waals surface area (Å²) in [4.78, 5) is 24.9. The number of aromatic nitrogens is 1. The molecule has 1 fully saturated rings. The first-order chi connectivity index (χ1) is 15.7. The van der Waals surface area contributed by atoms with E-state index in [0.29, 0.717) is 0 Å². The van der Waals surface area contributed by atoms with Gasteiger partial charge in [-0.15, -0.1) is 0 Å². The largest absolute Gasteiger partial charge is 0.461 e. The first-order valence-corrected chi connectivity index (χ1v) is 11.8. The van der Waals surface area contributed by atoms with Gasteiger partial charge < -0.3 is 24.0 Å². The maximum absolute atomic E-state index is 14.8. The molecule has 0 bridgehead atoms. The number of aliphatic hydroxyl groups excluding tert-OH is 1. The van der Waals surface area contributed by atoms with E-state index in [0.717, 1.165) is 16.3 Å². The van der Waals surface area contributed by atoms with E-state index in [1.165, 1.54) is 11.9 Å². The number of nitrogens with zero attached hydrogens (tertiary/aromatic N) is 2. The van der Waals surface area contributed by atoms with Crippen molar-refractivity contribution in [3.8, 4) is 0 Å². The van der Waals surface area contributed by atoms with E-state index >= 15 is 0 Å². The Hall–Kier alpha value is -2.96. The van der Waals surface area contributed by atoms with Gasteiger partial charge >= 0.3 is 12.1 Å². The summed E-state index contributed by atoms with van der Waals surface area (Å²) < 4.78 is 54.0. The number of aliphatic hydroxyl groups is 1. The zero-order valence-electron chi connectivity index (χ0n) is 18.2. The first-order valence-electron chi connectivity index (χ1n) is 10.3. The van der Waals surface area contributed by atoms with Gasteiger partial charge in [-0.3, -0.25) is 0 Å². The Kier molecular flexibility index (Phi) is 7.72. The molecular weight excluding hydrogens is 457 g/mol. The number of ether oxygens (including phenoxy) is 2. The smallest absolute Gasteiger partial charge is 0.410 e. The third-order valence-electron chi connectivity index (χ3n) is 5.29. The third-order valence-corrected chi connectivity index (χ3v) is 6.77. The van der Waals surface area contributed by atoms with Crippen molar-refractivity contribution >= 4 is 22.1 Å². The molecule has 0 radical (unpaired) electrons. The van der Waals surface area contributed by atoms with Gasteiger partial charge in [0.2, 0.25) is 10.0 Å². The summed E-state index contributed by atoms with van der Waals surface area (Å²) in [5, 5.41) is 9.69. The van der Waals surface area contributed by atoms with Crippen LogP contribution in [-0.2, 0) is 33.2 Å². The van der Waals surface area contributed by atoms with Crippen molar-refractivity contribution in [1.29, 1.82) is 0 Å². The molecule has 2 atom stereocenters. The SMILES string of the molecule is CCOC(=O)c1c(F)c(S(=O)(=O)N[C@H]2CN(C(=O)OCc3ccccc3)C[C@H]2CO)cn1C. The van der Waals surface area contributed by atoms with Crippen molar-refractivity contribution in [2.75, 3.05) is 26.3 Å². The third kappa shape index (κ3) is 5.52. The molecule has 0 aliphatic carbocycles. The molecule has 33 heavy (non-hydrogen) atoms. The van der Waals surface area contributed by atoms with Crippen molar-refractivity contribution < 1.29 is 37.0 Å². The van der Waals surface area contributed by atoms with Crippen LogP contribution in [0, 0.1) is 11.7 Å². The molecule has 1 aliphatic heterocycles. The van der Waals surface area contributed by atoms with E-state index in [2.05, 4.69) is 4.72 Å². The highest BCUT2D eigenvalue weighted by molar-refractivity contribution is 7.89. The van der Waals surface area contributed by atoms with Crippen LogP contribution in [0.1, 0.15) is 23.0 Å². The second-order valence-corrected chi connectivity index (χ2v) is 9.29. The quantitative estimate of drug-likeness (QED) is 0.541. The van der Waals surface area contributed by atoms with Gasteiger partial charge in [0.15, 0.2) is 11.5 Å². The number of sulfonamides is 1. The minimum absolute atomic E-state index is 0.000245. The topological polar surface area (TPSA) is 127 Å². The summed E-state index contributed by atoms with van der Waals surface area (Å²) in [6, 6.07) is 8.16. The lowest BCUT2D eigenvalue weighted by Crippen LogP contribution is -2.42. The van der Waals surface area contributed by atoms with Crippen LogP contribution in [0.5, 0.6) is 0 Å². The zero-order valence-corrected chi connectivity index (χ0v) is 19.0. The van der Waals surface area contributed by atoms with Gasteiger partial charge in [-0.25, -0.2) is 27.1 Å². The van der Waals surface area contributed by atoms with Crippen LogP contribution < -0.4 is 4.72 Å². The van der Waals surface area contributed by atoms with Gasteiger partial charge in [0.1, 0.15) is 11.5 Å². The monoisotopic (exact) mass is 483 g/mol. The van der Waals surface area contributed by atoms with Crippen molar-refractivity contribution in [3.63, 3.8) is 0 Å². The number of nitrogens with one attached hydrogen (secondary N) is 1. The van der Waals surface area contributed by atoms with E-state index in [1.54, 1.807) is 19.1 Å². The lowest BCUT2D eigenvalue weighted by Gasteiger charge is -2.17. The van der Waals surface area contributed by atoms with Crippen LogP contribution in [0.2, 0.25) is 0 Å². The lowest BCUT2D eigenvalue weighted by molar-refractivity contribution is 0.0509. The van der Waals surface area contributed by atoms with Gasteiger partial charge in [0, 0.05) is 44.9 Å². The molecule has 180 valence electrons. The fourth-order valence-electron chi connectivity index (χ4n) is 3.60. The summed E-state index contributed by atoms with van der Waals surface area (Å²) in [5.74, 6) is -2.85. The molecule has 10 nitrogen and oxygen atoms in total. The van der Waals surface area contributed by atoms with Gasteiger partial charge in [0.05, 0.1) is 6.61 Å². The summed E-state index contributed by atoms with van der Waals surface area (Å²) >= 11 is 0. The Morgan fingerprint density at radius 2 is 1.91 bits per heavy atom. The number of aryl methyl sites for hydroxylation is 1. The van der Waals surface area contributed by atoms with E-state index < -0.39 is 57.1 Å². The Morgan fingerprint density at radius 3 is 2.55 bits per heavy atom. The number of carbonyl (C=O) groups is 2. The van der Waals surface area contributed by atoms with Crippen molar-refractivity contribution in [3.05, 3.63) is 53.6 Å². The van der Waals surface area contributed by atoms with E-state index in [-0.39, 0.29) is 26.3 Å². The summed E-state index contributed by atoms with van der Waals surface area (Å²) in [7, 11) is -3.09. The molecule has 2 N–H and O–H groups in total. The Balaban J connectivity index is 1.71. The minimum atomic E-state index is -4.42. The van der Waals surface area contributed by atoms with Crippen LogP contribution in [0.15, 0.2) is 41.4 Å². The average Bonchev–Trinajstić information content (AvgIpc) is 3.32. The zero-order chi connectivity index (χ0) is 24.2. The maximum Gasteiger partial charge on any atom is 0.410 e. The Labute approximate surface area is 190 Å². The first kappa shape index (κ1) is 24.7. The van der Waals surface area contributed by atoms with Crippen molar-refractivity contribution in [2.45, 2.75) is 24.5 Å². The van der Waals surface area contributed by atoms with Crippen LogP contribution in [0.3, 0.4) is 0 Å². The fourth-order valence-corrected chi connectivity index (χ4v) is 5.02. The molecule has 1 saturated heterocycles. The maximum atomic E-state index is 14.8. The van der Waals surface area contributed by atoms with Crippen LogP contribution >= 0.6 is 0 Å². The second-order valence-electron chi connectivity index (χ2n) is 7.60. The van der Waals surface area contributed by atoms with E-state index in [9.17, 15) is 27.5 Å². The predicted octanol–water partition coefficient (Wildman–Crippen LogP) is 1.25. The number of likely N-dealkylation sites (tertiary alicyclic amines) is 1. The molecule has 3 rings (SSSR count). The van der Waals surface area contributed by atoms with Crippen molar-refractivity contribution in [1.82, 2.24) is 14.2 Å². The number of benzene rings is 1. The number of amides is 1. The molecule has 2 aromatic rings. The normalized spacial score (nSPS) is 18.4. The van der Waals surface area contributed by atoms with E-state index in [4.69, 9.17) is 9.47 Å². The predicted molar refractivity (Wildman–Crippen MR) is 114 cm³/mol. The Bertz CT molecular complexity index is 1100. The van der Waals surface area contributed by atoms with Crippen LogP contribution in [0.25, 0.3) is 0 Å². The van der Waals surface area contributed by atoms with Gasteiger partial charge in [-0.1, -0.05) is 30.3 Å². The van der Waals surface area contributed by atoms with E-state index in [1.807, 2.05) is 18.2 Å². The number of esters is 1. The lowest BCUT2D eigenvalue weighted by atomic mass is 10.1. The van der Waals surface area contributed by atoms with Gasteiger partial charge in [0.25, 0.3) is 0 Å². The molecule has 0 unspecified atom stereocenters. The van der Waals surface area contributed by atoms with Crippen molar-refractivity contribution in [2.24, 2.45) is 13.0 Å². The number of halogens is 1. The fraction of sp³-hybridized carbons (Fsp3) is 0.429. The highest BCUT2D eigenvalue weighted by atomic mass is 32.2. The molecule has 2 heterocycles. The summed E-state index contributed by atoms with van der Waals surface area (Å²) in [6.07, 6.45) is 0.313. The van der Waals surface area contributed by atoms with Crippen LogP contribution in [-0.4, -0.2) is 67.4 Å². The van der Waals surface area contributed by atoms with Gasteiger partial charge in [-0.2, -0.15) is 0 Å². The number of hydrogen-bond donors (Lipinski definition) is 2. The number of carbonyl (C=O) groups excluding carboxylic acids is 2. The highest BCUT2D eigenvalue weighted by Gasteiger charge is 2.39. The average molecular weight is 484 g/mol. The second kappa shape index (κ2) is 10.3. The molecule has 12 heteroatoms. The molecule has 0 saturated carbocycles. The molecular formula is C21H26FN3O7S. The number of hydrogen-bond acceptors (Lipinski definition) is 7. The molecule has 0 spiro atoms. The summed E-state index contributed by atoms with van der Waals surface area (Å²) in [5.41, 5.74) is 0.270. The van der Waals surface area contributed by atoms with Crippen LogP contribution in [0.4, 0.5) is 9.18 Å². The minimum Gasteiger partial charge on any atom is -0.461 e. The molecule has 1 aromatic carbocycles. The van der Waals surface area contributed by atoms with Gasteiger partial charge in [-0.05, 0) is 12.5 Å². The molecule has 1 aromatic heterocycles. The summed E-state index contributed by atoms with van der Waals surface area (Å²) in [6.45, 7) is 1.17. The molecule has 1 amide bonds.